The number of amides is 2. The van der Waals surface area contributed by atoms with Crippen LogP contribution in [-0.4, -0.2) is 52.4 Å². The number of hydrogen-bond acceptors (Lipinski definition) is 2. The Labute approximate surface area is 169 Å². The van der Waals surface area contributed by atoms with Crippen molar-refractivity contribution in [2.24, 2.45) is 0 Å². The van der Waals surface area contributed by atoms with Crippen LogP contribution in [0, 0.1) is 0 Å². The van der Waals surface area contributed by atoms with Gasteiger partial charge >= 0.3 is 0 Å². The lowest BCUT2D eigenvalue weighted by Crippen LogP contribution is -2.50. The number of rotatable bonds is 6. The molecule has 0 aliphatic carbocycles. The third-order valence-electron chi connectivity index (χ3n) is 5.04. The van der Waals surface area contributed by atoms with E-state index < -0.39 is 0 Å². The van der Waals surface area contributed by atoms with Crippen molar-refractivity contribution in [1.82, 2.24) is 14.4 Å². The molecule has 2 heterocycles. The number of aryl methyl sites for hydroxylation is 2. The predicted octanol–water partition coefficient (Wildman–Crippen LogP) is 3.58. The molecule has 27 heavy (non-hydrogen) atoms. The average Bonchev–Trinajstić information content (AvgIpc) is 3.09. The van der Waals surface area contributed by atoms with E-state index in [1.165, 1.54) is 5.56 Å². The van der Waals surface area contributed by atoms with Gasteiger partial charge in [-0.05, 0) is 47.3 Å². The van der Waals surface area contributed by atoms with Crippen molar-refractivity contribution in [1.29, 1.82) is 0 Å². The van der Waals surface area contributed by atoms with Gasteiger partial charge in [-0.2, -0.15) is 0 Å². The zero-order valence-corrected chi connectivity index (χ0v) is 17.3. The highest BCUT2D eigenvalue weighted by molar-refractivity contribution is 9.10. The molecule has 2 amide bonds. The molecule has 1 saturated heterocycles. The van der Waals surface area contributed by atoms with Crippen molar-refractivity contribution < 1.29 is 9.59 Å². The fourth-order valence-corrected chi connectivity index (χ4v) is 3.95. The van der Waals surface area contributed by atoms with E-state index in [-0.39, 0.29) is 11.8 Å². The van der Waals surface area contributed by atoms with Crippen LogP contribution in [0.15, 0.2) is 47.1 Å². The van der Waals surface area contributed by atoms with Crippen LogP contribution in [0.3, 0.4) is 0 Å². The maximum atomic E-state index is 12.8. The first-order chi connectivity index (χ1) is 13.1. The highest BCUT2D eigenvalue weighted by Gasteiger charge is 2.26. The van der Waals surface area contributed by atoms with E-state index in [2.05, 4.69) is 28.1 Å². The minimum atomic E-state index is 0.0405. The topological polar surface area (TPSA) is 45.6 Å². The SMILES string of the molecule is CCn1cc(Br)cc1C(=O)N1CCN(C(=O)CCCc2ccccc2)CC1. The number of hydrogen-bond donors (Lipinski definition) is 0. The Morgan fingerprint density at radius 1 is 1.04 bits per heavy atom. The van der Waals surface area contributed by atoms with Crippen molar-refractivity contribution in [3.8, 4) is 0 Å². The third-order valence-corrected chi connectivity index (χ3v) is 5.48. The van der Waals surface area contributed by atoms with Gasteiger partial charge in [0.1, 0.15) is 5.69 Å². The number of piperazine rings is 1. The number of carbonyl (C=O) groups excluding carboxylic acids is 2. The first kappa shape index (κ1) is 19.7. The van der Waals surface area contributed by atoms with E-state index in [1.54, 1.807) is 0 Å². The summed E-state index contributed by atoms with van der Waals surface area (Å²) < 4.78 is 2.87. The molecule has 6 heteroatoms. The van der Waals surface area contributed by atoms with Crippen molar-refractivity contribution in [2.75, 3.05) is 26.2 Å². The lowest BCUT2D eigenvalue weighted by atomic mass is 10.1. The summed E-state index contributed by atoms with van der Waals surface area (Å²) in [7, 11) is 0. The summed E-state index contributed by atoms with van der Waals surface area (Å²) in [5.41, 5.74) is 1.97. The van der Waals surface area contributed by atoms with Crippen molar-refractivity contribution in [2.45, 2.75) is 32.7 Å². The first-order valence-electron chi connectivity index (χ1n) is 9.55. The number of halogens is 1. The summed E-state index contributed by atoms with van der Waals surface area (Å²) in [6.07, 6.45) is 4.28. The monoisotopic (exact) mass is 431 g/mol. The van der Waals surface area contributed by atoms with Gasteiger partial charge in [0, 0.05) is 49.8 Å². The summed E-state index contributed by atoms with van der Waals surface area (Å²) >= 11 is 3.44. The number of benzene rings is 1. The van der Waals surface area contributed by atoms with Gasteiger partial charge < -0.3 is 14.4 Å². The molecule has 0 spiro atoms. The van der Waals surface area contributed by atoms with Crippen LogP contribution in [0.25, 0.3) is 0 Å². The molecule has 0 atom stereocenters. The smallest absolute Gasteiger partial charge is 0.270 e. The zero-order chi connectivity index (χ0) is 19.2. The minimum absolute atomic E-state index is 0.0405. The molecular formula is C21H26BrN3O2. The summed E-state index contributed by atoms with van der Waals surface area (Å²) in [5, 5.41) is 0. The van der Waals surface area contributed by atoms with E-state index in [9.17, 15) is 9.59 Å². The minimum Gasteiger partial charge on any atom is -0.343 e. The van der Waals surface area contributed by atoms with Crippen LogP contribution in [-0.2, 0) is 17.8 Å². The molecule has 0 unspecified atom stereocenters. The second-order valence-electron chi connectivity index (χ2n) is 6.84. The van der Waals surface area contributed by atoms with Crippen LogP contribution in [0.2, 0.25) is 0 Å². The molecule has 1 aromatic heterocycles. The largest absolute Gasteiger partial charge is 0.343 e. The van der Waals surface area contributed by atoms with Crippen LogP contribution in [0.4, 0.5) is 0 Å². The zero-order valence-electron chi connectivity index (χ0n) is 15.7. The molecule has 0 N–H and O–H groups in total. The Morgan fingerprint density at radius 3 is 2.37 bits per heavy atom. The Bertz CT molecular complexity index is 780. The summed E-state index contributed by atoms with van der Waals surface area (Å²) in [6, 6.07) is 12.1. The predicted molar refractivity (Wildman–Crippen MR) is 110 cm³/mol. The molecule has 144 valence electrons. The van der Waals surface area contributed by atoms with Gasteiger partial charge in [0.05, 0.1) is 0 Å². The maximum Gasteiger partial charge on any atom is 0.270 e. The lowest BCUT2D eigenvalue weighted by molar-refractivity contribution is -0.132. The Balaban J connectivity index is 1.46. The lowest BCUT2D eigenvalue weighted by Gasteiger charge is -2.35. The molecule has 0 radical (unpaired) electrons. The molecule has 3 rings (SSSR count). The van der Waals surface area contributed by atoms with Gasteiger partial charge in [0.2, 0.25) is 5.91 Å². The van der Waals surface area contributed by atoms with Gasteiger partial charge in [-0.25, -0.2) is 0 Å². The second-order valence-corrected chi connectivity index (χ2v) is 7.76. The number of aromatic nitrogens is 1. The van der Waals surface area contributed by atoms with Crippen LogP contribution >= 0.6 is 15.9 Å². The highest BCUT2D eigenvalue weighted by Crippen LogP contribution is 2.18. The number of nitrogens with zero attached hydrogens (tertiary/aromatic N) is 3. The van der Waals surface area contributed by atoms with E-state index in [0.29, 0.717) is 38.3 Å². The van der Waals surface area contributed by atoms with Gasteiger partial charge in [-0.1, -0.05) is 30.3 Å². The van der Waals surface area contributed by atoms with Gasteiger partial charge in [-0.3, -0.25) is 9.59 Å². The Morgan fingerprint density at radius 2 is 1.70 bits per heavy atom. The summed E-state index contributed by atoms with van der Waals surface area (Å²) in [6.45, 7) is 5.20. The Kier molecular flexibility index (Phi) is 6.72. The summed E-state index contributed by atoms with van der Waals surface area (Å²) in [5.74, 6) is 0.233. The molecule has 1 aliphatic heterocycles. The van der Waals surface area contributed by atoms with Crippen molar-refractivity contribution in [3.05, 3.63) is 58.3 Å². The highest BCUT2D eigenvalue weighted by atomic mass is 79.9. The van der Waals surface area contributed by atoms with Gasteiger partial charge in [0.15, 0.2) is 0 Å². The van der Waals surface area contributed by atoms with E-state index in [0.717, 1.165) is 23.9 Å². The van der Waals surface area contributed by atoms with Crippen molar-refractivity contribution in [3.63, 3.8) is 0 Å². The molecule has 5 nitrogen and oxygen atoms in total. The molecule has 0 bridgehead atoms. The second kappa shape index (κ2) is 9.22. The van der Waals surface area contributed by atoms with E-state index in [1.807, 2.05) is 51.8 Å². The van der Waals surface area contributed by atoms with Gasteiger partial charge in [-0.15, -0.1) is 0 Å². The third kappa shape index (κ3) is 5.01. The molecule has 2 aromatic rings. The maximum absolute atomic E-state index is 12.8. The standard InChI is InChI=1S/C21H26BrN3O2/c1-2-23-16-18(22)15-19(23)21(27)25-13-11-24(12-14-25)20(26)10-6-9-17-7-4-3-5-8-17/h3-5,7-8,15-16H,2,6,9-14H2,1H3. The van der Waals surface area contributed by atoms with Crippen LogP contribution < -0.4 is 0 Å². The first-order valence-corrected chi connectivity index (χ1v) is 10.3. The molecule has 1 aliphatic rings. The molecule has 0 saturated carbocycles. The van der Waals surface area contributed by atoms with E-state index >= 15 is 0 Å². The fraction of sp³-hybridized carbons (Fsp3) is 0.429. The summed E-state index contributed by atoms with van der Waals surface area (Å²) in [4.78, 5) is 29.0. The van der Waals surface area contributed by atoms with Gasteiger partial charge in [0.25, 0.3) is 5.91 Å². The van der Waals surface area contributed by atoms with Crippen LogP contribution in [0.5, 0.6) is 0 Å². The normalized spacial score (nSPS) is 14.4. The number of carbonyl (C=O) groups is 2. The van der Waals surface area contributed by atoms with Crippen LogP contribution in [0.1, 0.15) is 35.8 Å². The quantitative estimate of drug-likeness (QED) is 0.701. The van der Waals surface area contributed by atoms with Crippen molar-refractivity contribution >= 4 is 27.7 Å². The molecule has 1 fully saturated rings. The fourth-order valence-electron chi connectivity index (χ4n) is 3.48. The molecule has 1 aromatic carbocycles. The molecular weight excluding hydrogens is 406 g/mol. The average molecular weight is 432 g/mol. The Hall–Kier alpha value is -2.08. The van der Waals surface area contributed by atoms with E-state index in [4.69, 9.17) is 0 Å².